The van der Waals surface area contributed by atoms with E-state index in [1.807, 2.05) is 0 Å². The maximum absolute atomic E-state index is 4.04. The molecule has 0 atom stereocenters. The predicted octanol–water partition coefficient (Wildman–Crippen LogP) is 12.5. The Hall–Kier alpha value is -6.53. The molecule has 9 heteroatoms. The number of para-hydroxylation sites is 2. The van der Waals surface area contributed by atoms with Crippen LogP contribution >= 0.6 is 0 Å². The predicted molar refractivity (Wildman–Crippen MR) is 306 cm³/mol. The zero-order valence-corrected chi connectivity index (χ0v) is 44.6. The summed E-state index contributed by atoms with van der Waals surface area (Å²) in [4.78, 5) is 10.6. The van der Waals surface area contributed by atoms with E-state index in [0.717, 1.165) is 0 Å². The number of fused-ring (bicyclic) bond motifs is 17. The summed E-state index contributed by atoms with van der Waals surface area (Å²) in [5.41, 5.74) is 31.2. The maximum atomic E-state index is 4.04. The summed E-state index contributed by atoms with van der Waals surface area (Å²) in [6.45, 7) is 28.2. The summed E-state index contributed by atoms with van der Waals surface area (Å²) in [6.07, 6.45) is 0. The van der Waals surface area contributed by atoms with Crippen molar-refractivity contribution in [2.24, 2.45) is 0 Å². The number of nitrogens with one attached hydrogen (secondary N) is 2. The SMILES string of the molecule is CC(C)(C)c1ccc2c(c1)Nc1ccc3c4c1N2c1ccc(C(C)(C)C)cc1B4c1[se]c2c4c1N3c1ccccc1N4c1ccc3c4c1B2c1ccc(C(C)(C)C)cc1N4c1ccc(C(C)(C)C)cc1N3. The van der Waals surface area contributed by atoms with Gasteiger partial charge in [0, 0.05) is 0 Å². The molecule has 0 bridgehead atoms. The van der Waals surface area contributed by atoms with Crippen LogP contribution in [-0.2, 0) is 21.7 Å². The van der Waals surface area contributed by atoms with E-state index in [-0.39, 0.29) is 49.6 Å². The fourth-order valence-corrected chi connectivity index (χ4v) is 16.3. The average Bonchev–Trinajstić information content (AvgIpc) is 3.73. The third-order valence-electron chi connectivity index (χ3n) is 16.8. The van der Waals surface area contributed by atoms with Crippen molar-refractivity contribution in [2.45, 2.75) is 105 Å². The van der Waals surface area contributed by atoms with Crippen LogP contribution in [0.5, 0.6) is 0 Å². The Bertz CT molecular complexity index is 3760. The van der Waals surface area contributed by atoms with Crippen molar-refractivity contribution in [3.05, 3.63) is 144 Å². The van der Waals surface area contributed by atoms with E-state index in [2.05, 4.69) is 235 Å². The van der Waals surface area contributed by atoms with Gasteiger partial charge >= 0.3 is 428 Å². The first kappa shape index (κ1) is 42.2. The Morgan fingerprint density at radius 3 is 1.23 bits per heavy atom. The van der Waals surface area contributed by atoms with E-state index in [1.54, 1.807) is 8.67 Å². The third-order valence-corrected chi connectivity index (χ3v) is 19.5. The molecule has 348 valence electrons. The molecule has 0 spiro atoms. The van der Waals surface area contributed by atoms with Crippen LogP contribution in [-0.4, -0.2) is 27.9 Å². The van der Waals surface area contributed by atoms with Gasteiger partial charge in [0.2, 0.25) is 0 Å². The van der Waals surface area contributed by atoms with Crippen LogP contribution in [0.25, 0.3) is 0 Å². The molecule has 1 aromatic heterocycles. The van der Waals surface area contributed by atoms with Crippen LogP contribution in [0.3, 0.4) is 0 Å². The molecule has 7 aliphatic rings. The number of rotatable bonds is 0. The van der Waals surface area contributed by atoms with Crippen LogP contribution in [0.2, 0.25) is 0 Å². The van der Waals surface area contributed by atoms with Gasteiger partial charge in [-0.25, -0.2) is 0 Å². The molecule has 2 N–H and O–H groups in total. The second-order valence-electron chi connectivity index (χ2n) is 25.3. The number of nitrogens with zero attached hydrogens (tertiary/aromatic N) is 4. The van der Waals surface area contributed by atoms with Crippen LogP contribution in [0.1, 0.15) is 105 Å². The third kappa shape index (κ3) is 5.41. The van der Waals surface area contributed by atoms with E-state index >= 15 is 0 Å². The Morgan fingerprint density at radius 1 is 0.338 bits per heavy atom. The molecule has 0 aliphatic carbocycles. The van der Waals surface area contributed by atoms with Gasteiger partial charge in [0.1, 0.15) is 0 Å². The summed E-state index contributed by atoms with van der Waals surface area (Å²) in [7, 11) is 0. The van der Waals surface area contributed by atoms with E-state index in [1.165, 1.54) is 135 Å². The number of benzene rings is 7. The first-order valence-electron chi connectivity index (χ1n) is 25.7. The van der Waals surface area contributed by atoms with Crippen LogP contribution in [0.15, 0.2) is 121 Å². The fraction of sp³-hybridized carbons (Fsp3) is 0.258. The Kier molecular flexibility index (Phi) is 7.90. The van der Waals surface area contributed by atoms with Crippen molar-refractivity contribution >= 4 is 149 Å². The summed E-state index contributed by atoms with van der Waals surface area (Å²) >= 11 is -0.0120. The van der Waals surface area contributed by atoms with Gasteiger partial charge in [-0.2, -0.15) is 0 Å². The van der Waals surface area contributed by atoms with E-state index in [0.29, 0.717) is 0 Å². The number of hydrogen-bond donors (Lipinski definition) is 2. The second-order valence-corrected chi connectivity index (χ2v) is 27.5. The minimum atomic E-state index is -0.0222. The summed E-state index contributed by atoms with van der Waals surface area (Å²) in [5.74, 6) is 0. The Labute approximate surface area is 425 Å². The molecular formula is C62H58B2N6Se. The second kappa shape index (κ2) is 13.3. The number of anilines is 16. The normalized spacial score (nSPS) is 15.7. The van der Waals surface area contributed by atoms with E-state index in [9.17, 15) is 0 Å². The summed E-state index contributed by atoms with van der Waals surface area (Å²) < 4.78 is 3.14. The molecule has 7 aromatic carbocycles. The van der Waals surface area contributed by atoms with Crippen molar-refractivity contribution in [3.8, 4) is 0 Å². The molecular weight excluding hydrogens is 929 g/mol. The standard InChI is InChI=1S/C62H58B2N6Se/c1-59(2,3)33-18-24-43-38(29-33)64-52-49(28-22-39-53(52)67(43)44-25-19-34(60(4,5)6)30-41(44)65-39)70-47-16-14-13-15-46(47)69-48-27-23-40-54-51(48)63(57-55(69)56(70)58(64)71-57)37-21-17-36(62(10,11)12)32-50(37)68(54)45-26-20-35(61(7,8)9)31-42(45)66-40/h13-32,65-66H,1-12H3. The molecule has 0 radical (unpaired) electrons. The van der Waals surface area contributed by atoms with Crippen molar-refractivity contribution < 1.29 is 0 Å². The molecule has 0 saturated carbocycles. The van der Waals surface area contributed by atoms with Crippen molar-refractivity contribution in [2.75, 3.05) is 30.2 Å². The molecule has 0 fully saturated rings. The monoisotopic (exact) mass is 988 g/mol. The summed E-state index contributed by atoms with van der Waals surface area (Å²) in [5, 5.41) is 8.07. The molecule has 6 nitrogen and oxygen atoms in total. The van der Waals surface area contributed by atoms with Gasteiger partial charge in [-0.3, -0.25) is 0 Å². The van der Waals surface area contributed by atoms with Crippen molar-refractivity contribution in [1.29, 1.82) is 0 Å². The Balaban J connectivity index is 1.03. The molecule has 0 amide bonds. The van der Waals surface area contributed by atoms with Gasteiger partial charge in [0.25, 0.3) is 0 Å². The molecule has 15 rings (SSSR count). The van der Waals surface area contributed by atoms with Gasteiger partial charge in [-0.05, 0) is 0 Å². The van der Waals surface area contributed by atoms with Crippen LogP contribution in [0, 0.1) is 0 Å². The number of hydrogen-bond acceptors (Lipinski definition) is 6. The van der Waals surface area contributed by atoms with Crippen LogP contribution in [0.4, 0.5) is 91.0 Å². The van der Waals surface area contributed by atoms with E-state index in [4.69, 9.17) is 0 Å². The topological polar surface area (TPSA) is 37.0 Å². The van der Waals surface area contributed by atoms with Gasteiger partial charge in [0.05, 0.1) is 0 Å². The van der Waals surface area contributed by atoms with Crippen molar-refractivity contribution in [1.82, 2.24) is 0 Å². The molecule has 7 aliphatic heterocycles. The Morgan fingerprint density at radius 2 is 0.732 bits per heavy atom. The minimum absolute atomic E-state index is 0.0120. The van der Waals surface area contributed by atoms with Gasteiger partial charge in [-0.15, -0.1) is 0 Å². The van der Waals surface area contributed by atoms with Gasteiger partial charge in [0.15, 0.2) is 0 Å². The molecule has 71 heavy (non-hydrogen) atoms. The molecule has 0 unspecified atom stereocenters. The van der Waals surface area contributed by atoms with Gasteiger partial charge in [-0.1, -0.05) is 0 Å². The van der Waals surface area contributed by atoms with E-state index < -0.39 is 0 Å². The zero-order valence-electron chi connectivity index (χ0n) is 42.9. The summed E-state index contributed by atoms with van der Waals surface area (Å²) in [6, 6.07) is 48.0. The average molecular weight is 988 g/mol. The quantitative estimate of drug-likeness (QED) is 0.148. The van der Waals surface area contributed by atoms with Crippen LogP contribution < -0.4 is 60.8 Å². The first-order chi connectivity index (χ1) is 33.8. The molecule has 8 heterocycles. The first-order valence-corrected chi connectivity index (χ1v) is 27.4. The zero-order chi connectivity index (χ0) is 48.7. The molecule has 8 aromatic rings. The van der Waals surface area contributed by atoms with Gasteiger partial charge < -0.3 is 0 Å². The van der Waals surface area contributed by atoms with Crippen molar-refractivity contribution in [3.63, 3.8) is 0 Å². The fourth-order valence-electron chi connectivity index (χ4n) is 13.1. The molecule has 0 saturated heterocycles.